The van der Waals surface area contributed by atoms with Gasteiger partial charge in [0.2, 0.25) is 0 Å². The van der Waals surface area contributed by atoms with Crippen LogP contribution in [0.4, 0.5) is 5.82 Å². The standard InChI is InChI=1S/C20H19N3O2S/c1-11(15-10-26-19-7-5-4-6-13(15)19)21-20-14-8-17(24)18(25-3)9-16(14)22-12(2)23-20/h4-11,24H,1-3H3,(H,21,22,23). The average Bonchev–Trinajstić information content (AvgIpc) is 3.06. The van der Waals surface area contributed by atoms with Crippen molar-refractivity contribution in [2.24, 2.45) is 0 Å². The number of aromatic hydroxyl groups is 1. The SMILES string of the molecule is COc1cc2nc(C)nc(NC(C)c3csc4ccccc34)c2cc1O. The summed E-state index contributed by atoms with van der Waals surface area (Å²) in [6.45, 7) is 3.97. The van der Waals surface area contributed by atoms with Crippen molar-refractivity contribution in [3.63, 3.8) is 0 Å². The van der Waals surface area contributed by atoms with Crippen molar-refractivity contribution in [2.45, 2.75) is 19.9 Å². The number of nitrogens with zero attached hydrogens (tertiary/aromatic N) is 2. The molecule has 4 rings (SSSR count). The lowest BCUT2D eigenvalue weighted by atomic mass is 10.1. The van der Waals surface area contributed by atoms with Crippen LogP contribution in [-0.4, -0.2) is 22.2 Å². The molecule has 0 bridgehead atoms. The van der Waals surface area contributed by atoms with E-state index in [0.717, 1.165) is 10.9 Å². The lowest BCUT2D eigenvalue weighted by molar-refractivity contribution is 0.374. The quantitative estimate of drug-likeness (QED) is 0.530. The van der Waals surface area contributed by atoms with E-state index in [1.165, 1.54) is 22.8 Å². The van der Waals surface area contributed by atoms with Crippen molar-refractivity contribution in [2.75, 3.05) is 12.4 Å². The summed E-state index contributed by atoms with van der Waals surface area (Å²) in [7, 11) is 1.53. The Morgan fingerprint density at radius 1 is 1.15 bits per heavy atom. The highest BCUT2D eigenvalue weighted by Crippen LogP contribution is 2.36. The van der Waals surface area contributed by atoms with Gasteiger partial charge in [-0.2, -0.15) is 0 Å². The van der Waals surface area contributed by atoms with Crippen LogP contribution in [0.1, 0.15) is 24.4 Å². The van der Waals surface area contributed by atoms with E-state index in [1.54, 1.807) is 23.5 Å². The fraction of sp³-hybridized carbons (Fsp3) is 0.200. The molecule has 0 fully saturated rings. The zero-order valence-electron chi connectivity index (χ0n) is 14.8. The third-order valence-corrected chi connectivity index (χ3v) is 5.42. The van der Waals surface area contributed by atoms with Gasteiger partial charge in [-0.1, -0.05) is 18.2 Å². The molecule has 2 heterocycles. The molecule has 0 aliphatic heterocycles. The van der Waals surface area contributed by atoms with Crippen molar-refractivity contribution in [1.29, 1.82) is 0 Å². The predicted molar refractivity (Wildman–Crippen MR) is 106 cm³/mol. The van der Waals surface area contributed by atoms with Crippen molar-refractivity contribution >= 4 is 38.1 Å². The summed E-state index contributed by atoms with van der Waals surface area (Å²) < 4.78 is 6.46. The summed E-state index contributed by atoms with van der Waals surface area (Å²) >= 11 is 1.74. The number of ether oxygens (including phenoxy) is 1. The third kappa shape index (κ3) is 2.82. The van der Waals surface area contributed by atoms with Gasteiger partial charge in [0.05, 0.1) is 18.7 Å². The second-order valence-corrected chi connectivity index (χ2v) is 7.13. The van der Waals surface area contributed by atoms with Crippen molar-refractivity contribution in [1.82, 2.24) is 9.97 Å². The summed E-state index contributed by atoms with van der Waals surface area (Å²) in [5.74, 6) is 1.84. The number of thiophene rings is 1. The molecule has 5 nitrogen and oxygen atoms in total. The van der Waals surface area contributed by atoms with Crippen LogP contribution in [-0.2, 0) is 0 Å². The summed E-state index contributed by atoms with van der Waals surface area (Å²) in [5.41, 5.74) is 1.96. The van der Waals surface area contributed by atoms with E-state index >= 15 is 0 Å². The second-order valence-electron chi connectivity index (χ2n) is 6.21. The van der Waals surface area contributed by atoms with Crippen LogP contribution in [0.5, 0.6) is 11.5 Å². The van der Waals surface area contributed by atoms with E-state index < -0.39 is 0 Å². The Kier molecular flexibility index (Phi) is 4.12. The van der Waals surface area contributed by atoms with Gasteiger partial charge in [0.1, 0.15) is 11.6 Å². The molecular formula is C20H19N3O2S. The minimum Gasteiger partial charge on any atom is -0.504 e. The summed E-state index contributed by atoms with van der Waals surface area (Å²) in [6, 6.07) is 11.8. The van der Waals surface area contributed by atoms with E-state index in [-0.39, 0.29) is 11.8 Å². The van der Waals surface area contributed by atoms with Crippen molar-refractivity contribution in [3.05, 3.63) is 53.2 Å². The largest absolute Gasteiger partial charge is 0.504 e. The maximum atomic E-state index is 10.2. The van der Waals surface area contributed by atoms with Gasteiger partial charge in [-0.15, -0.1) is 11.3 Å². The Bertz CT molecular complexity index is 1110. The van der Waals surface area contributed by atoms with Gasteiger partial charge in [0.15, 0.2) is 11.5 Å². The number of phenols is 1. The molecule has 0 aliphatic rings. The Balaban J connectivity index is 1.77. The number of hydrogen-bond acceptors (Lipinski definition) is 6. The van der Waals surface area contributed by atoms with E-state index in [4.69, 9.17) is 4.74 Å². The highest BCUT2D eigenvalue weighted by Gasteiger charge is 2.16. The van der Waals surface area contributed by atoms with Crippen LogP contribution in [0, 0.1) is 6.92 Å². The van der Waals surface area contributed by atoms with Crippen LogP contribution in [0.15, 0.2) is 41.8 Å². The Labute approximate surface area is 155 Å². The highest BCUT2D eigenvalue weighted by atomic mass is 32.1. The van der Waals surface area contributed by atoms with Crippen molar-refractivity contribution in [3.8, 4) is 11.5 Å². The van der Waals surface area contributed by atoms with Crippen LogP contribution in [0.2, 0.25) is 0 Å². The maximum absolute atomic E-state index is 10.2. The van der Waals surface area contributed by atoms with Crippen molar-refractivity contribution < 1.29 is 9.84 Å². The number of phenolic OH excluding ortho intramolecular Hbond substituents is 1. The molecule has 2 N–H and O–H groups in total. The Morgan fingerprint density at radius 3 is 2.77 bits per heavy atom. The molecule has 4 aromatic rings. The van der Waals surface area contributed by atoms with Gasteiger partial charge in [0, 0.05) is 16.2 Å². The second kappa shape index (κ2) is 6.46. The van der Waals surface area contributed by atoms with Gasteiger partial charge < -0.3 is 15.2 Å². The molecule has 0 saturated carbocycles. The maximum Gasteiger partial charge on any atom is 0.162 e. The summed E-state index contributed by atoms with van der Waals surface area (Å²) in [6.07, 6.45) is 0. The first-order chi connectivity index (χ1) is 12.6. The topological polar surface area (TPSA) is 67.3 Å². The lowest BCUT2D eigenvalue weighted by Gasteiger charge is -2.17. The Morgan fingerprint density at radius 2 is 1.96 bits per heavy atom. The molecule has 132 valence electrons. The average molecular weight is 365 g/mol. The summed E-state index contributed by atoms with van der Waals surface area (Å²) in [5, 5.41) is 17.8. The molecule has 2 aromatic carbocycles. The van der Waals surface area contributed by atoms with Crippen LogP contribution in [0.25, 0.3) is 21.0 Å². The molecule has 0 spiro atoms. The van der Waals surface area contributed by atoms with Crippen LogP contribution < -0.4 is 10.1 Å². The summed E-state index contributed by atoms with van der Waals surface area (Å²) in [4.78, 5) is 9.02. The van der Waals surface area contributed by atoms with E-state index in [0.29, 0.717) is 17.4 Å². The zero-order chi connectivity index (χ0) is 18.3. The number of benzene rings is 2. The predicted octanol–water partition coefficient (Wildman–Crippen LogP) is 5.04. The van der Waals surface area contributed by atoms with E-state index in [2.05, 4.69) is 51.9 Å². The van der Waals surface area contributed by atoms with Crippen LogP contribution >= 0.6 is 11.3 Å². The molecule has 0 aliphatic carbocycles. The molecular weight excluding hydrogens is 346 g/mol. The molecule has 26 heavy (non-hydrogen) atoms. The first kappa shape index (κ1) is 16.6. The van der Waals surface area contributed by atoms with Gasteiger partial charge in [-0.25, -0.2) is 9.97 Å². The van der Waals surface area contributed by atoms with E-state index in [9.17, 15) is 5.11 Å². The number of hydrogen-bond donors (Lipinski definition) is 2. The first-order valence-electron chi connectivity index (χ1n) is 8.35. The number of nitrogens with one attached hydrogen (secondary N) is 1. The number of aryl methyl sites for hydroxylation is 1. The fourth-order valence-corrected chi connectivity index (χ4v) is 4.21. The molecule has 0 radical (unpaired) electrons. The third-order valence-electron chi connectivity index (χ3n) is 4.44. The number of methoxy groups -OCH3 is 1. The number of rotatable bonds is 4. The lowest BCUT2D eigenvalue weighted by Crippen LogP contribution is -2.09. The normalized spacial score (nSPS) is 12.4. The molecule has 1 atom stereocenters. The monoisotopic (exact) mass is 365 g/mol. The zero-order valence-corrected chi connectivity index (χ0v) is 15.6. The molecule has 0 amide bonds. The Hall–Kier alpha value is -2.86. The van der Waals surface area contributed by atoms with Gasteiger partial charge in [0.25, 0.3) is 0 Å². The molecule has 6 heteroatoms. The minimum atomic E-state index is 0.0629. The van der Waals surface area contributed by atoms with E-state index in [1.807, 2.05) is 6.92 Å². The van der Waals surface area contributed by atoms with Gasteiger partial charge in [-0.3, -0.25) is 0 Å². The fourth-order valence-electron chi connectivity index (χ4n) is 3.15. The minimum absolute atomic E-state index is 0.0629. The smallest absolute Gasteiger partial charge is 0.162 e. The first-order valence-corrected chi connectivity index (χ1v) is 9.23. The molecule has 0 saturated heterocycles. The number of aromatic nitrogens is 2. The highest BCUT2D eigenvalue weighted by molar-refractivity contribution is 7.17. The van der Waals surface area contributed by atoms with Gasteiger partial charge >= 0.3 is 0 Å². The number of anilines is 1. The van der Waals surface area contributed by atoms with Crippen LogP contribution in [0.3, 0.4) is 0 Å². The number of fused-ring (bicyclic) bond motifs is 2. The molecule has 1 unspecified atom stereocenters. The van der Waals surface area contributed by atoms with Gasteiger partial charge in [-0.05, 0) is 42.3 Å². The molecule has 2 aromatic heterocycles.